The molecule has 0 aliphatic rings. The van der Waals surface area contributed by atoms with Crippen molar-refractivity contribution in [2.75, 3.05) is 6.54 Å². The predicted molar refractivity (Wildman–Crippen MR) is 63.0 cm³/mol. The molecule has 1 nitrogen and oxygen atoms in total. The van der Waals surface area contributed by atoms with Crippen molar-refractivity contribution in [2.24, 2.45) is 0 Å². The summed E-state index contributed by atoms with van der Waals surface area (Å²) in [6, 6.07) is 5.04. The summed E-state index contributed by atoms with van der Waals surface area (Å²) in [5, 5.41) is 2.54. The molecule has 0 aliphatic heterocycles. The molecular weight excluding hydrogens is 227 g/mol. The Morgan fingerprint density at radius 2 is 1.53 bits per heavy atom. The van der Waals surface area contributed by atoms with Crippen molar-refractivity contribution in [2.45, 2.75) is 39.4 Å². The second-order valence-electron chi connectivity index (χ2n) is 4.53. The first kappa shape index (κ1) is 14.0. The highest BCUT2D eigenvalue weighted by atomic mass is 19.4. The first-order valence-corrected chi connectivity index (χ1v) is 5.61. The lowest BCUT2D eigenvalue weighted by atomic mass is 9.89. The summed E-state index contributed by atoms with van der Waals surface area (Å²) in [5.74, 6) is 0. The van der Waals surface area contributed by atoms with Gasteiger partial charge in [0.2, 0.25) is 0 Å². The van der Waals surface area contributed by atoms with Gasteiger partial charge in [0.1, 0.15) is 5.54 Å². The summed E-state index contributed by atoms with van der Waals surface area (Å²) < 4.78 is 39.5. The van der Waals surface area contributed by atoms with E-state index in [0.29, 0.717) is 0 Å². The highest BCUT2D eigenvalue weighted by Crippen LogP contribution is 2.39. The Kier molecular flexibility index (Phi) is 3.87. The van der Waals surface area contributed by atoms with Gasteiger partial charge in [0, 0.05) is 0 Å². The molecule has 1 aromatic rings. The van der Waals surface area contributed by atoms with Crippen LogP contribution in [0.3, 0.4) is 0 Å². The van der Waals surface area contributed by atoms with Crippen LogP contribution in [0.2, 0.25) is 0 Å². The van der Waals surface area contributed by atoms with E-state index >= 15 is 0 Å². The van der Waals surface area contributed by atoms with Crippen LogP contribution in [0.4, 0.5) is 13.2 Å². The molecule has 4 heteroatoms. The van der Waals surface area contributed by atoms with E-state index in [9.17, 15) is 13.2 Å². The van der Waals surface area contributed by atoms with Gasteiger partial charge in [-0.1, -0.05) is 36.2 Å². The van der Waals surface area contributed by atoms with Crippen molar-refractivity contribution in [1.82, 2.24) is 5.32 Å². The zero-order valence-corrected chi connectivity index (χ0v) is 10.6. The summed E-state index contributed by atoms with van der Waals surface area (Å²) in [6.45, 7) is 6.73. The fraction of sp³-hybridized carbons (Fsp3) is 0.538. The van der Waals surface area contributed by atoms with Crippen LogP contribution in [-0.2, 0) is 5.54 Å². The average Bonchev–Trinajstić information content (AvgIpc) is 2.14. The lowest BCUT2D eigenvalue weighted by Gasteiger charge is -2.33. The molecule has 17 heavy (non-hydrogen) atoms. The van der Waals surface area contributed by atoms with E-state index in [1.54, 1.807) is 32.9 Å². The third-order valence-electron chi connectivity index (χ3n) is 2.90. The molecule has 0 heterocycles. The maximum absolute atomic E-state index is 13.2. The van der Waals surface area contributed by atoms with E-state index in [1.807, 2.05) is 6.07 Å². The van der Waals surface area contributed by atoms with E-state index < -0.39 is 11.7 Å². The van der Waals surface area contributed by atoms with Crippen LogP contribution in [0, 0.1) is 13.8 Å². The Bertz CT molecular complexity index is 378. The molecule has 0 bridgehead atoms. The summed E-state index contributed by atoms with van der Waals surface area (Å²) in [7, 11) is 0. The first-order chi connectivity index (χ1) is 7.70. The normalized spacial score (nSPS) is 15.7. The van der Waals surface area contributed by atoms with Gasteiger partial charge in [-0.05, 0) is 32.9 Å². The lowest BCUT2D eigenvalue weighted by Crippen LogP contribution is -2.51. The summed E-state index contributed by atoms with van der Waals surface area (Å²) in [4.78, 5) is 0. The van der Waals surface area contributed by atoms with Crippen LogP contribution in [-0.4, -0.2) is 12.7 Å². The van der Waals surface area contributed by atoms with Gasteiger partial charge in [-0.3, -0.25) is 0 Å². The third-order valence-corrected chi connectivity index (χ3v) is 2.90. The van der Waals surface area contributed by atoms with Crippen molar-refractivity contribution in [3.8, 4) is 0 Å². The molecule has 1 N–H and O–H groups in total. The van der Waals surface area contributed by atoms with E-state index in [0.717, 1.165) is 11.1 Å². The van der Waals surface area contributed by atoms with Gasteiger partial charge in [0.05, 0.1) is 0 Å². The van der Waals surface area contributed by atoms with Crippen molar-refractivity contribution in [3.05, 3.63) is 34.9 Å². The standard InChI is InChI=1S/C13H18F3N/c1-5-17-12(4,13(14,15)16)11-7-9(2)6-10(3)8-11/h6-8,17H,5H2,1-4H3. The van der Waals surface area contributed by atoms with Crippen molar-refractivity contribution < 1.29 is 13.2 Å². The molecule has 0 aliphatic carbocycles. The van der Waals surface area contributed by atoms with Gasteiger partial charge in [-0.15, -0.1) is 0 Å². The fourth-order valence-corrected chi connectivity index (χ4v) is 1.98. The topological polar surface area (TPSA) is 12.0 Å². The molecule has 0 radical (unpaired) electrons. The average molecular weight is 245 g/mol. The van der Waals surface area contributed by atoms with Crippen LogP contribution in [0.15, 0.2) is 18.2 Å². The zero-order valence-electron chi connectivity index (χ0n) is 10.6. The quantitative estimate of drug-likeness (QED) is 0.856. The highest BCUT2D eigenvalue weighted by molar-refractivity contribution is 5.34. The Morgan fingerprint density at radius 3 is 1.88 bits per heavy atom. The van der Waals surface area contributed by atoms with E-state index in [1.165, 1.54) is 6.92 Å². The lowest BCUT2D eigenvalue weighted by molar-refractivity contribution is -0.195. The second kappa shape index (κ2) is 4.69. The third kappa shape index (κ3) is 2.80. The Hall–Kier alpha value is -1.03. The van der Waals surface area contributed by atoms with Gasteiger partial charge in [-0.25, -0.2) is 0 Å². The number of alkyl halides is 3. The molecule has 0 spiro atoms. The van der Waals surface area contributed by atoms with Gasteiger partial charge >= 0.3 is 6.18 Å². The summed E-state index contributed by atoms with van der Waals surface area (Å²) >= 11 is 0. The number of hydrogen-bond donors (Lipinski definition) is 1. The van der Waals surface area contributed by atoms with Gasteiger partial charge in [-0.2, -0.15) is 13.2 Å². The predicted octanol–water partition coefficient (Wildman–Crippen LogP) is 3.69. The summed E-state index contributed by atoms with van der Waals surface area (Å²) in [6.07, 6.45) is -4.32. The fourth-order valence-electron chi connectivity index (χ4n) is 1.98. The van der Waals surface area contributed by atoms with Gasteiger partial charge in [0.15, 0.2) is 0 Å². The number of hydrogen-bond acceptors (Lipinski definition) is 1. The molecule has 0 saturated carbocycles. The largest absolute Gasteiger partial charge is 0.410 e. The molecule has 0 fully saturated rings. The minimum Gasteiger partial charge on any atom is -0.300 e. The Morgan fingerprint density at radius 1 is 1.06 bits per heavy atom. The van der Waals surface area contributed by atoms with E-state index in [2.05, 4.69) is 5.32 Å². The Labute approximate surface area is 100 Å². The minimum absolute atomic E-state index is 0.267. The first-order valence-electron chi connectivity index (χ1n) is 5.61. The Balaban J connectivity index is 3.32. The number of rotatable bonds is 3. The molecule has 1 rings (SSSR count). The van der Waals surface area contributed by atoms with Gasteiger partial charge in [0.25, 0.3) is 0 Å². The molecule has 0 aromatic heterocycles. The van der Waals surface area contributed by atoms with Gasteiger partial charge < -0.3 is 5.32 Å². The maximum Gasteiger partial charge on any atom is 0.410 e. The zero-order chi connectivity index (χ0) is 13.3. The van der Waals surface area contributed by atoms with Crippen LogP contribution >= 0.6 is 0 Å². The van der Waals surface area contributed by atoms with Crippen LogP contribution in [0.25, 0.3) is 0 Å². The summed E-state index contributed by atoms with van der Waals surface area (Å²) in [5.41, 5.74) is -0.0375. The maximum atomic E-state index is 13.2. The van der Waals surface area contributed by atoms with Crippen molar-refractivity contribution in [3.63, 3.8) is 0 Å². The van der Waals surface area contributed by atoms with Crippen LogP contribution in [0.1, 0.15) is 30.5 Å². The van der Waals surface area contributed by atoms with Crippen molar-refractivity contribution >= 4 is 0 Å². The molecule has 1 aromatic carbocycles. The second-order valence-corrected chi connectivity index (χ2v) is 4.53. The smallest absolute Gasteiger partial charge is 0.300 e. The number of nitrogens with one attached hydrogen (secondary N) is 1. The molecule has 96 valence electrons. The monoisotopic (exact) mass is 245 g/mol. The number of halogens is 3. The van der Waals surface area contributed by atoms with E-state index in [4.69, 9.17) is 0 Å². The van der Waals surface area contributed by atoms with Crippen molar-refractivity contribution in [1.29, 1.82) is 0 Å². The SMILES string of the molecule is CCNC(C)(c1cc(C)cc(C)c1)C(F)(F)F. The highest BCUT2D eigenvalue weighted by Gasteiger charge is 2.51. The molecule has 0 saturated heterocycles. The number of aryl methyl sites for hydroxylation is 2. The minimum atomic E-state index is -4.32. The molecular formula is C13H18F3N. The van der Waals surface area contributed by atoms with E-state index in [-0.39, 0.29) is 12.1 Å². The molecule has 0 amide bonds. The van der Waals surface area contributed by atoms with Crippen LogP contribution < -0.4 is 5.32 Å². The number of benzene rings is 1. The molecule has 1 unspecified atom stereocenters. The molecule has 1 atom stereocenters. The van der Waals surface area contributed by atoms with Crippen LogP contribution in [0.5, 0.6) is 0 Å².